The van der Waals surface area contributed by atoms with E-state index in [1.807, 2.05) is 0 Å². The van der Waals surface area contributed by atoms with E-state index in [2.05, 4.69) is 13.2 Å². The Hall–Kier alpha value is -1.78. The normalized spacial score (nSPS) is 12.2. The summed E-state index contributed by atoms with van der Waals surface area (Å²) in [5.41, 5.74) is -0.634. The summed E-state index contributed by atoms with van der Waals surface area (Å²) < 4.78 is 9.97. The molecule has 0 N–H and O–H groups in total. The molecule has 1 amide bonds. The summed E-state index contributed by atoms with van der Waals surface area (Å²) in [6, 6.07) is -0.754. The smallest absolute Gasteiger partial charge is 0.411 e. The molecule has 0 saturated carbocycles. The van der Waals surface area contributed by atoms with Gasteiger partial charge in [0.1, 0.15) is 11.6 Å². The van der Waals surface area contributed by atoms with Crippen molar-refractivity contribution in [2.75, 3.05) is 13.7 Å². The van der Waals surface area contributed by atoms with Crippen molar-refractivity contribution < 1.29 is 19.1 Å². The van der Waals surface area contributed by atoms with Crippen molar-refractivity contribution in [2.24, 2.45) is 0 Å². The first-order valence-corrected chi connectivity index (χ1v) is 6.06. The zero-order valence-electron chi connectivity index (χ0n) is 12.1. The van der Waals surface area contributed by atoms with Gasteiger partial charge in [0.25, 0.3) is 0 Å². The fraction of sp³-hybridized carbons (Fsp3) is 0.571. The third-order valence-corrected chi connectivity index (χ3v) is 2.19. The van der Waals surface area contributed by atoms with Crippen molar-refractivity contribution in [3.05, 3.63) is 25.3 Å². The van der Waals surface area contributed by atoms with Crippen LogP contribution in [0, 0.1) is 0 Å². The average molecular weight is 269 g/mol. The van der Waals surface area contributed by atoms with E-state index in [0.29, 0.717) is 6.42 Å². The monoisotopic (exact) mass is 269 g/mol. The number of carbonyl (C=O) groups is 2. The number of rotatable bonds is 6. The zero-order valence-corrected chi connectivity index (χ0v) is 12.1. The van der Waals surface area contributed by atoms with Gasteiger partial charge in [-0.15, -0.1) is 13.2 Å². The number of amides is 1. The summed E-state index contributed by atoms with van der Waals surface area (Å²) in [5.74, 6) is -0.507. The predicted molar refractivity (Wildman–Crippen MR) is 73.8 cm³/mol. The number of hydrogen-bond acceptors (Lipinski definition) is 4. The van der Waals surface area contributed by atoms with Crippen LogP contribution in [0.15, 0.2) is 25.3 Å². The molecule has 0 aliphatic carbocycles. The Labute approximate surface area is 114 Å². The first kappa shape index (κ1) is 17.2. The maximum atomic E-state index is 12.1. The van der Waals surface area contributed by atoms with E-state index < -0.39 is 23.7 Å². The van der Waals surface area contributed by atoms with Crippen molar-refractivity contribution in [1.29, 1.82) is 0 Å². The summed E-state index contributed by atoms with van der Waals surface area (Å²) in [4.78, 5) is 25.1. The van der Waals surface area contributed by atoms with Gasteiger partial charge >= 0.3 is 12.1 Å². The number of carbonyl (C=O) groups excluding carboxylic acids is 2. The molecule has 0 fully saturated rings. The van der Waals surface area contributed by atoms with Gasteiger partial charge in [0.2, 0.25) is 0 Å². The lowest BCUT2D eigenvalue weighted by Crippen LogP contribution is -2.47. The summed E-state index contributed by atoms with van der Waals surface area (Å²) in [5, 5.41) is 0. The molecule has 19 heavy (non-hydrogen) atoms. The van der Waals surface area contributed by atoms with Crippen LogP contribution in [0.3, 0.4) is 0 Å². The standard InChI is InChI=1S/C14H23NO4/c1-7-9-11(12(16)18-6)15(10-8-2)13(17)19-14(3,4)5/h7-8,11H,1-2,9-10H2,3-6H3. The number of esters is 1. The van der Waals surface area contributed by atoms with E-state index in [4.69, 9.17) is 9.47 Å². The Morgan fingerprint density at radius 2 is 1.84 bits per heavy atom. The van der Waals surface area contributed by atoms with Gasteiger partial charge in [-0.2, -0.15) is 0 Å². The molecule has 0 heterocycles. The molecule has 0 aromatic rings. The van der Waals surface area contributed by atoms with Crippen LogP contribution >= 0.6 is 0 Å². The second kappa shape index (κ2) is 7.61. The zero-order chi connectivity index (χ0) is 15.1. The Morgan fingerprint density at radius 1 is 1.26 bits per heavy atom. The van der Waals surface area contributed by atoms with Gasteiger partial charge in [-0.1, -0.05) is 12.2 Å². The van der Waals surface area contributed by atoms with Gasteiger partial charge < -0.3 is 9.47 Å². The molecule has 0 aliphatic rings. The minimum absolute atomic E-state index is 0.197. The second-order valence-electron chi connectivity index (χ2n) is 4.98. The van der Waals surface area contributed by atoms with Crippen molar-refractivity contribution in [3.63, 3.8) is 0 Å². The first-order valence-electron chi connectivity index (χ1n) is 6.06. The predicted octanol–water partition coefficient (Wildman–Crippen LogP) is 2.53. The number of ether oxygens (including phenoxy) is 2. The second-order valence-corrected chi connectivity index (χ2v) is 4.98. The molecule has 0 aromatic carbocycles. The topological polar surface area (TPSA) is 55.8 Å². The molecule has 0 spiro atoms. The van der Waals surface area contributed by atoms with Gasteiger partial charge in [0.05, 0.1) is 7.11 Å². The van der Waals surface area contributed by atoms with E-state index >= 15 is 0 Å². The first-order chi connectivity index (χ1) is 8.76. The molecular weight excluding hydrogens is 246 g/mol. The van der Waals surface area contributed by atoms with Gasteiger partial charge in [0, 0.05) is 6.54 Å². The van der Waals surface area contributed by atoms with Crippen molar-refractivity contribution >= 4 is 12.1 Å². The molecule has 1 unspecified atom stereocenters. The number of hydrogen-bond donors (Lipinski definition) is 0. The van der Waals surface area contributed by atoms with Crippen LogP contribution in [0.5, 0.6) is 0 Å². The lowest BCUT2D eigenvalue weighted by Gasteiger charge is -2.30. The molecule has 0 aliphatic heterocycles. The molecule has 108 valence electrons. The molecule has 0 aromatic heterocycles. The summed E-state index contributed by atoms with van der Waals surface area (Å²) in [7, 11) is 1.28. The molecule has 0 radical (unpaired) electrons. The average Bonchev–Trinajstić information content (AvgIpc) is 2.30. The van der Waals surface area contributed by atoms with Gasteiger partial charge in [-0.3, -0.25) is 4.90 Å². The third kappa shape index (κ3) is 6.08. The van der Waals surface area contributed by atoms with Crippen molar-refractivity contribution in [1.82, 2.24) is 4.90 Å². The van der Waals surface area contributed by atoms with Gasteiger partial charge in [-0.05, 0) is 27.2 Å². The van der Waals surface area contributed by atoms with Crippen LogP contribution in [0.1, 0.15) is 27.2 Å². The fourth-order valence-electron chi connectivity index (χ4n) is 1.43. The lowest BCUT2D eigenvalue weighted by molar-refractivity contribution is -0.146. The molecular formula is C14H23NO4. The summed E-state index contributed by atoms with van der Waals surface area (Å²) in [6.07, 6.45) is 2.80. The maximum Gasteiger partial charge on any atom is 0.411 e. The Morgan fingerprint density at radius 3 is 2.21 bits per heavy atom. The third-order valence-electron chi connectivity index (χ3n) is 2.19. The quantitative estimate of drug-likeness (QED) is 0.549. The molecule has 0 saturated heterocycles. The number of nitrogens with zero attached hydrogens (tertiary/aromatic N) is 1. The van der Waals surface area contributed by atoms with Crippen LogP contribution < -0.4 is 0 Å². The minimum atomic E-state index is -0.754. The van der Waals surface area contributed by atoms with Crippen LogP contribution in [0.4, 0.5) is 4.79 Å². The Kier molecular flexibility index (Phi) is 6.90. The minimum Gasteiger partial charge on any atom is -0.467 e. The number of methoxy groups -OCH3 is 1. The highest BCUT2D eigenvalue weighted by Gasteiger charge is 2.32. The van der Waals surface area contributed by atoms with E-state index in [9.17, 15) is 9.59 Å². The van der Waals surface area contributed by atoms with Gasteiger partial charge in [0.15, 0.2) is 0 Å². The summed E-state index contributed by atoms with van der Waals surface area (Å²) >= 11 is 0. The van der Waals surface area contributed by atoms with Crippen LogP contribution in [-0.2, 0) is 14.3 Å². The fourth-order valence-corrected chi connectivity index (χ4v) is 1.43. The van der Waals surface area contributed by atoms with Crippen LogP contribution in [-0.4, -0.2) is 42.3 Å². The maximum absolute atomic E-state index is 12.1. The Bertz CT molecular complexity index is 344. The molecule has 0 bridgehead atoms. The van der Waals surface area contributed by atoms with Crippen LogP contribution in [0.2, 0.25) is 0 Å². The molecule has 5 heteroatoms. The lowest BCUT2D eigenvalue weighted by atomic mass is 10.1. The Balaban J connectivity index is 5.12. The van der Waals surface area contributed by atoms with E-state index in [1.165, 1.54) is 18.1 Å². The van der Waals surface area contributed by atoms with Gasteiger partial charge in [-0.25, -0.2) is 9.59 Å². The SMILES string of the molecule is C=CCC(C(=O)OC)N(CC=C)C(=O)OC(C)(C)C. The van der Waals surface area contributed by atoms with Crippen molar-refractivity contribution in [2.45, 2.75) is 38.8 Å². The van der Waals surface area contributed by atoms with E-state index in [1.54, 1.807) is 26.8 Å². The highest BCUT2D eigenvalue weighted by molar-refractivity contribution is 5.81. The highest BCUT2D eigenvalue weighted by Crippen LogP contribution is 2.15. The van der Waals surface area contributed by atoms with E-state index in [-0.39, 0.29) is 6.54 Å². The molecule has 0 rings (SSSR count). The molecule has 5 nitrogen and oxygen atoms in total. The van der Waals surface area contributed by atoms with Crippen molar-refractivity contribution in [3.8, 4) is 0 Å². The van der Waals surface area contributed by atoms with Crippen LogP contribution in [0.25, 0.3) is 0 Å². The molecule has 1 atom stereocenters. The van der Waals surface area contributed by atoms with E-state index in [0.717, 1.165) is 0 Å². The largest absolute Gasteiger partial charge is 0.467 e. The summed E-state index contributed by atoms with van der Waals surface area (Å²) in [6.45, 7) is 12.6. The highest BCUT2D eigenvalue weighted by atomic mass is 16.6.